The molecule has 0 unspecified atom stereocenters. The molecule has 0 heterocycles. The van der Waals surface area contributed by atoms with Crippen LogP contribution in [0, 0.1) is 19.7 Å². The van der Waals surface area contributed by atoms with Crippen molar-refractivity contribution in [2.45, 2.75) is 66.1 Å². The molecule has 4 nitrogen and oxygen atoms in total. The third-order valence-corrected chi connectivity index (χ3v) is 4.81. The van der Waals surface area contributed by atoms with Gasteiger partial charge in [-0.25, -0.2) is 4.39 Å². The third-order valence-electron chi connectivity index (χ3n) is 4.81. The average molecular weight is 399 g/mol. The Morgan fingerprint density at radius 3 is 2.34 bits per heavy atom. The second-order valence-corrected chi connectivity index (χ2v) is 8.63. The van der Waals surface area contributed by atoms with Crippen molar-refractivity contribution < 1.29 is 14.0 Å². The van der Waals surface area contributed by atoms with E-state index in [1.807, 2.05) is 52.8 Å². The minimum atomic E-state index is -0.730. The van der Waals surface area contributed by atoms with Gasteiger partial charge in [0, 0.05) is 17.6 Å². The second kappa shape index (κ2) is 9.21. The first kappa shape index (κ1) is 22.6. The minimum absolute atomic E-state index is 0.0368. The fraction of sp³-hybridized carbons (Fsp3) is 0.417. The molecule has 0 aromatic heterocycles. The third kappa shape index (κ3) is 6.41. The lowest BCUT2D eigenvalue weighted by Crippen LogP contribution is -2.52. The molecule has 0 aliphatic carbocycles. The summed E-state index contributed by atoms with van der Waals surface area (Å²) in [6.45, 7) is 11.3. The van der Waals surface area contributed by atoms with E-state index in [-0.39, 0.29) is 30.6 Å². The maximum atomic E-state index is 14.3. The number of nitrogens with zero attached hydrogens (tertiary/aromatic N) is 1. The Kier molecular flexibility index (Phi) is 7.17. The van der Waals surface area contributed by atoms with Gasteiger partial charge in [0.15, 0.2) is 0 Å². The fourth-order valence-corrected chi connectivity index (χ4v) is 3.12. The van der Waals surface area contributed by atoms with Crippen molar-refractivity contribution in [3.8, 4) is 0 Å². The molecule has 0 bridgehead atoms. The topological polar surface area (TPSA) is 49.4 Å². The zero-order valence-corrected chi connectivity index (χ0v) is 18.2. The van der Waals surface area contributed by atoms with E-state index in [0.29, 0.717) is 5.56 Å². The molecule has 0 saturated carbocycles. The number of hydrogen-bond donors (Lipinski definition) is 1. The Morgan fingerprint density at radius 2 is 1.72 bits per heavy atom. The van der Waals surface area contributed by atoms with E-state index in [0.717, 1.165) is 16.7 Å². The number of benzene rings is 2. The highest BCUT2D eigenvalue weighted by Crippen LogP contribution is 2.18. The monoisotopic (exact) mass is 398 g/mol. The summed E-state index contributed by atoms with van der Waals surface area (Å²) < 4.78 is 14.3. The second-order valence-electron chi connectivity index (χ2n) is 8.63. The van der Waals surface area contributed by atoms with Gasteiger partial charge in [-0.3, -0.25) is 9.59 Å². The predicted octanol–water partition coefficient (Wildman–Crippen LogP) is 4.32. The number of aryl methyl sites for hydroxylation is 2. The highest BCUT2D eigenvalue weighted by Gasteiger charge is 2.29. The van der Waals surface area contributed by atoms with Crippen LogP contribution in [0.1, 0.15) is 49.9 Å². The van der Waals surface area contributed by atoms with Crippen LogP contribution in [0.25, 0.3) is 0 Å². The van der Waals surface area contributed by atoms with E-state index in [1.54, 1.807) is 25.1 Å². The molecule has 29 heavy (non-hydrogen) atoms. The van der Waals surface area contributed by atoms with Crippen LogP contribution in [-0.2, 0) is 22.6 Å². The summed E-state index contributed by atoms with van der Waals surface area (Å²) in [5, 5.41) is 2.91. The van der Waals surface area contributed by atoms with Gasteiger partial charge in [0.2, 0.25) is 11.8 Å². The Labute approximate surface area is 173 Å². The summed E-state index contributed by atoms with van der Waals surface area (Å²) in [7, 11) is 0. The number of nitrogens with one attached hydrogen (secondary N) is 1. The summed E-state index contributed by atoms with van der Waals surface area (Å²) >= 11 is 0. The van der Waals surface area contributed by atoms with E-state index < -0.39 is 11.6 Å². The van der Waals surface area contributed by atoms with Gasteiger partial charge in [0.1, 0.15) is 11.9 Å². The lowest BCUT2D eigenvalue weighted by molar-refractivity contribution is -0.140. The Morgan fingerprint density at radius 1 is 1.07 bits per heavy atom. The average Bonchev–Trinajstić information content (AvgIpc) is 2.62. The van der Waals surface area contributed by atoms with Gasteiger partial charge in [0.05, 0.1) is 6.42 Å². The number of rotatable bonds is 6. The molecule has 2 aromatic carbocycles. The quantitative estimate of drug-likeness (QED) is 0.788. The van der Waals surface area contributed by atoms with Crippen molar-refractivity contribution in [1.82, 2.24) is 10.2 Å². The van der Waals surface area contributed by atoms with Crippen LogP contribution in [0.15, 0.2) is 42.5 Å². The molecule has 2 aromatic rings. The standard InChI is InChI=1S/C24H31FN2O2/c1-16-11-12-17(2)20(13-16)14-22(28)27(15-19-9-7-8-10-21(19)25)18(3)23(29)26-24(4,5)6/h7-13,18H,14-15H2,1-6H3,(H,26,29)/t18-/m0/s1. The molecule has 2 amide bonds. The molecule has 2 rings (SSSR count). The molecular weight excluding hydrogens is 367 g/mol. The maximum Gasteiger partial charge on any atom is 0.242 e. The molecule has 1 N–H and O–H groups in total. The first-order valence-corrected chi connectivity index (χ1v) is 9.89. The summed E-state index contributed by atoms with van der Waals surface area (Å²) in [4.78, 5) is 27.4. The van der Waals surface area contributed by atoms with Crippen LogP contribution in [0.5, 0.6) is 0 Å². The van der Waals surface area contributed by atoms with Crippen LogP contribution in [0.2, 0.25) is 0 Å². The van der Waals surface area contributed by atoms with Crippen molar-refractivity contribution in [3.63, 3.8) is 0 Å². The van der Waals surface area contributed by atoms with Crippen LogP contribution < -0.4 is 5.32 Å². The van der Waals surface area contributed by atoms with Crippen molar-refractivity contribution in [1.29, 1.82) is 0 Å². The molecule has 0 aliphatic rings. The van der Waals surface area contributed by atoms with Crippen molar-refractivity contribution in [2.24, 2.45) is 0 Å². The largest absolute Gasteiger partial charge is 0.350 e. The molecule has 156 valence electrons. The summed E-state index contributed by atoms with van der Waals surface area (Å²) in [5.74, 6) is -0.859. The van der Waals surface area contributed by atoms with E-state index in [1.165, 1.54) is 11.0 Å². The molecule has 1 atom stereocenters. The molecule has 0 saturated heterocycles. The Balaban J connectivity index is 2.32. The molecule has 0 fully saturated rings. The van der Waals surface area contributed by atoms with Gasteiger partial charge in [-0.2, -0.15) is 0 Å². The van der Waals surface area contributed by atoms with Crippen molar-refractivity contribution >= 4 is 11.8 Å². The zero-order chi connectivity index (χ0) is 21.8. The number of halogens is 1. The SMILES string of the molecule is Cc1ccc(C)c(CC(=O)N(Cc2ccccc2F)[C@@H](C)C(=O)NC(C)(C)C)c1. The molecule has 0 spiro atoms. The van der Waals surface area contributed by atoms with E-state index in [9.17, 15) is 14.0 Å². The highest BCUT2D eigenvalue weighted by molar-refractivity contribution is 5.88. The van der Waals surface area contributed by atoms with Crippen LogP contribution >= 0.6 is 0 Å². The van der Waals surface area contributed by atoms with Crippen LogP contribution in [0.4, 0.5) is 4.39 Å². The highest BCUT2D eigenvalue weighted by atomic mass is 19.1. The molecule has 5 heteroatoms. The fourth-order valence-electron chi connectivity index (χ4n) is 3.12. The summed E-state index contributed by atoms with van der Waals surface area (Å²) in [6.07, 6.45) is 0.162. The van der Waals surface area contributed by atoms with Crippen molar-refractivity contribution in [3.05, 3.63) is 70.5 Å². The molecule has 0 radical (unpaired) electrons. The van der Waals surface area contributed by atoms with Gasteiger partial charge in [-0.05, 0) is 58.7 Å². The normalized spacial score (nSPS) is 12.4. The minimum Gasteiger partial charge on any atom is -0.350 e. The van der Waals surface area contributed by atoms with Crippen molar-refractivity contribution in [2.75, 3.05) is 0 Å². The summed E-state index contributed by atoms with van der Waals surface area (Å²) in [5.41, 5.74) is 2.96. The van der Waals surface area contributed by atoms with Crippen LogP contribution in [0.3, 0.4) is 0 Å². The number of carbonyl (C=O) groups is 2. The molecule has 0 aliphatic heterocycles. The number of carbonyl (C=O) groups excluding carboxylic acids is 2. The van der Waals surface area contributed by atoms with E-state index in [2.05, 4.69) is 5.32 Å². The van der Waals surface area contributed by atoms with Gasteiger partial charge >= 0.3 is 0 Å². The maximum absolute atomic E-state index is 14.3. The predicted molar refractivity (Wildman–Crippen MR) is 114 cm³/mol. The number of amides is 2. The van der Waals surface area contributed by atoms with Gasteiger partial charge < -0.3 is 10.2 Å². The van der Waals surface area contributed by atoms with E-state index >= 15 is 0 Å². The number of hydrogen-bond acceptors (Lipinski definition) is 2. The molecular formula is C24H31FN2O2. The van der Waals surface area contributed by atoms with Gasteiger partial charge in [-0.15, -0.1) is 0 Å². The Hall–Kier alpha value is -2.69. The smallest absolute Gasteiger partial charge is 0.242 e. The zero-order valence-electron chi connectivity index (χ0n) is 18.2. The first-order chi connectivity index (χ1) is 13.5. The van der Waals surface area contributed by atoms with Gasteiger partial charge in [0.25, 0.3) is 0 Å². The lowest BCUT2D eigenvalue weighted by atomic mass is 10.0. The lowest BCUT2D eigenvalue weighted by Gasteiger charge is -2.31. The van der Waals surface area contributed by atoms with Gasteiger partial charge in [-0.1, -0.05) is 42.0 Å². The Bertz CT molecular complexity index is 887. The van der Waals surface area contributed by atoms with Crippen LogP contribution in [-0.4, -0.2) is 28.3 Å². The van der Waals surface area contributed by atoms with E-state index in [4.69, 9.17) is 0 Å². The first-order valence-electron chi connectivity index (χ1n) is 9.89. The summed E-state index contributed by atoms with van der Waals surface area (Å²) in [6, 6.07) is 11.6.